The molecule has 0 nitrogen and oxygen atoms in total. The fourth-order valence-electron chi connectivity index (χ4n) is 3.29. The van der Waals surface area contributed by atoms with Crippen molar-refractivity contribution in [3.8, 4) is 22.3 Å². The summed E-state index contributed by atoms with van der Waals surface area (Å²) in [6.07, 6.45) is 1.01. The lowest BCUT2D eigenvalue weighted by Gasteiger charge is -2.12. The molecule has 0 aromatic heterocycles. The summed E-state index contributed by atoms with van der Waals surface area (Å²) >= 11 is 6.21. The summed E-state index contributed by atoms with van der Waals surface area (Å²) < 4.78 is 0. The average Bonchev–Trinajstić information content (AvgIpc) is 2.88. The normalized spacial score (nSPS) is 12.1. The highest BCUT2D eigenvalue weighted by atomic mass is 35.5. The van der Waals surface area contributed by atoms with Crippen molar-refractivity contribution in [2.45, 2.75) is 13.3 Å². The van der Waals surface area contributed by atoms with Gasteiger partial charge in [-0.05, 0) is 64.4 Å². The van der Waals surface area contributed by atoms with Crippen LogP contribution in [0.5, 0.6) is 0 Å². The van der Waals surface area contributed by atoms with Crippen LogP contribution in [0.3, 0.4) is 0 Å². The maximum absolute atomic E-state index is 6.21. The topological polar surface area (TPSA) is 0 Å². The minimum absolute atomic E-state index is 0.795. The summed E-state index contributed by atoms with van der Waals surface area (Å²) in [6.45, 7) is 2.15. The van der Waals surface area contributed by atoms with Gasteiger partial charge in [-0.3, -0.25) is 0 Å². The summed E-state index contributed by atoms with van der Waals surface area (Å²) in [5.74, 6) is 0. The van der Waals surface area contributed by atoms with Gasteiger partial charge in [-0.15, -0.1) is 0 Å². The van der Waals surface area contributed by atoms with Gasteiger partial charge in [-0.1, -0.05) is 60.1 Å². The lowest BCUT2D eigenvalue weighted by atomic mass is 9.93. The van der Waals surface area contributed by atoms with Crippen LogP contribution in [-0.4, -0.2) is 0 Å². The Hall–Kier alpha value is -2.05. The van der Waals surface area contributed by atoms with Crippen LogP contribution in [0.1, 0.15) is 16.7 Å². The van der Waals surface area contributed by atoms with Gasteiger partial charge in [0, 0.05) is 5.02 Å². The Labute approximate surface area is 130 Å². The van der Waals surface area contributed by atoms with Gasteiger partial charge in [-0.2, -0.15) is 0 Å². The number of rotatable bonds is 1. The van der Waals surface area contributed by atoms with Gasteiger partial charge in [-0.25, -0.2) is 0 Å². The Morgan fingerprint density at radius 3 is 2.33 bits per heavy atom. The van der Waals surface area contributed by atoms with Crippen molar-refractivity contribution in [1.29, 1.82) is 0 Å². The smallest absolute Gasteiger partial charge is 0.0412 e. The molecule has 4 rings (SSSR count). The molecule has 0 atom stereocenters. The second-order valence-electron chi connectivity index (χ2n) is 5.62. The SMILES string of the molecule is Cc1ccc(Cl)cc1-c1cccc2c1Cc1ccccc1-2. The van der Waals surface area contributed by atoms with Gasteiger partial charge in [0.2, 0.25) is 0 Å². The molecular formula is C20H15Cl. The first-order valence-electron chi connectivity index (χ1n) is 7.21. The fraction of sp³-hybridized carbons (Fsp3) is 0.100. The van der Waals surface area contributed by atoms with Gasteiger partial charge < -0.3 is 0 Å². The molecule has 0 amide bonds. The van der Waals surface area contributed by atoms with Crippen LogP contribution in [0.4, 0.5) is 0 Å². The molecule has 1 aliphatic carbocycles. The third-order valence-electron chi connectivity index (χ3n) is 4.34. The Morgan fingerprint density at radius 2 is 1.48 bits per heavy atom. The molecule has 0 aliphatic heterocycles. The van der Waals surface area contributed by atoms with E-state index < -0.39 is 0 Å². The zero-order valence-corrected chi connectivity index (χ0v) is 12.6. The minimum atomic E-state index is 0.795. The summed E-state index contributed by atoms with van der Waals surface area (Å²) in [4.78, 5) is 0. The maximum atomic E-state index is 6.21. The van der Waals surface area contributed by atoms with E-state index in [1.807, 2.05) is 6.07 Å². The predicted molar refractivity (Wildman–Crippen MR) is 89.9 cm³/mol. The third kappa shape index (κ3) is 1.99. The van der Waals surface area contributed by atoms with E-state index in [9.17, 15) is 0 Å². The highest BCUT2D eigenvalue weighted by Crippen LogP contribution is 2.42. The number of hydrogen-bond acceptors (Lipinski definition) is 0. The van der Waals surface area contributed by atoms with Crippen molar-refractivity contribution in [3.05, 3.63) is 82.4 Å². The van der Waals surface area contributed by atoms with E-state index in [1.54, 1.807) is 0 Å². The van der Waals surface area contributed by atoms with E-state index in [0.29, 0.717) is 0 Å². The van der Waals surface area contributed by atoms with Crippen molar-refractivity contribution < 1.29 is 0 Å². The molecule has 102 valence electrons. The molecule has 0 N–H and O–H groups in total. The Morgan fingerprint density at radius 1 is 0.762 bits per heavy atom. The summed E-state index contributed by atoms with van der Waals surface area (Å²) in [5.41, 5.74) is 9.39. The zero-order valence-electron chi connectivity index (χ0n) is 11.9. The zero-order chi connectivity index (χ0) is 14.4. The Bertz CT molecular complexity index is 846. The summed E-state index contributed by atoms with van der Waals surface area (Å²) in [6, 6.07) is 21.4. The van der Waals surface area contributed by atoms with Crippen LogP contribution in [0.15, 0.2) is 60.7 Å². The molecule has 0 radical (unpaired) electrons. The molecule has 3 aromatic carbocycles. The molecule has 0 fully saturated rings. The van der Waals surface area contributed by atoms with Crippen LogP contribution in [0.2, 0.25) is 5.02 Å². The second kappa shape index (κ2) is 4.75. The quantitative estimate of drug-likeness (QED) is 0.410. The van der Waals surface area contributed by atoms with Crippen LogP contribution in [-0.2, 0) is 6.42 Å². The molecule has 1 heteroatoms. The molecule has 21 heavy (non-hydrogen) atoms. The van der Waals surface area contributed by atoms with Crippen LogP contribution >= 0.6 is 11.6 Å². The van der Waals surface area contributed by atoms with E-state index >= 15 is 0 Å². The number of benzene rings is 3. The monoisotopic (exact) mass is 290 g/mol. The largest absolute Gasteiger partial charge is 0.0843 e. The van der Waals surface area contributed by atoms with Crippen LogP contribution in [0, 0.1) is 6.92 Å². The second-order valence-corrected chi connectivity index (χ2v) is 6.06. The molecular weight excluding hydrogens is 276 g/mol. The number of halogens is 1. The summed E-state index contributed by atoms with van der Waals surface area (Å²) in [5, 5.41) is 0.795. The average molecular weight is 291 g/mol. The Balaban J connectivity index is 1.96. The molecule has 0 bridgehead atoms. The molecule has 1 aliphatic rings. The van der Waals surface area contributed by atoms with E-state index in [1.165, 1.54) is 38.9 Å². The van der Waals surface area contributed by atoms with Crippen LogP contribution < -0.4 is 0 Å². The Kier molecular flexibility index (Phi) is 2.87. The van der Waals surface area contributed by atoms with Crippen molar-refractivity contribution in [2.24, 2.45) is 0 Å². The fourth-order valence-corrected chi connectivity index (χ4v) is 3.47. The lowest BCUT2D eigenvalue weighted by molar-refractivity contribution is 1.26. The van der Waals surface area contributed by atoms with Gasteiger partial charge in [0.1, 0.15) is 0 Å². The van der Waals surface area contributed by atoms with E-state index in [2.05, 4.69) is 61.5 Å². The van der Waals surface area contributed by atoms with Crippen molar-refractivity contribution in [2.75, 3.05) is 0 Å². The van der Waals surface area contributed by atoms with Crippen molar-refractivity contribution in [1.82, 2.24) is 0 Å². The van der Waals surface area contributed by atoms with Gasteiger partial charge in [0.15, 0.2) is 0 Å². The number of fused-ring (bicyclic) bond motifs is 3. The number of aryl methyl sites for hydroxylation is 1. The molecule has 0 saturated heterocycles. The third-order valence-corrected chi connectivity index (χ3v) is 4.58. The standard InChI is InChI=1S/C20H15Cl/c1-13-9-10-15(21)12-19(13)18-8-4-7-17-16-6-3-2-5-14(16)11-20(17)18/h2-10,12H,11H2,1H3. The highest BCUT2D eigenvalue weighted by Gasteiger charge is 2.21. The van der Waals surface area contributed by atoms with Gasteiger partial charge in [0.05, 0.1) is 0 Å². The highest BCUT2D eigenvalue weighted by molar-refractivity contribution is 6.30. The predicted octanol–water partition coefficient (Wildman–Crippen LogP) is 5.89. The first kappa shape index (κ1) is 12.7. The summed E-state index contributed by atoms with van der Waals surface area (Å²) in [7, 11) is 0. The molecule has 3 aromatic rings. The molecule has 0 unspecified atom stereocenters. The van der Waals surface area contributed by atoms with Gasteiger partial charge >= 0.3 is 0 Å². The van der Waals surface area contributed by atoms with Crippen LogP contribution in [0.25, 0.3) is 22.3 Å². The minimum Gasteiger partial charge on any atom is -0.0843 e. The lowest BCUT2D eigenvalue weighted by Crippen LogP contribution is -1.90. The van der Waals surface area contributed by atoms with E-state index in [4.69, 9.17) is 11.6 Å². The van der Waals surface area contributed by atoms with E-state index in [0.717, 1.165) is 11.4 Å². The molecule has 0 heterocycles. The molecule has 0 saturated carbocycles. The van der Waals surface area contributed by atoms with Crippen molar-refractivity contribution in [3.63, 3.8) is 0 Å². The first-order valence-corrected chi connectivity index (χ1v) is 7.58. The van der Waals surface area contributed by atoms with E-state index in [-0.39, 0.29) is 0 Å². The maximum Gasteiger partial charge on any atom is 0.0412 e. The number of hydrogen-bond donors (Lipinski definition) is 0. The van der Waals surface area contributed by atoms with Gasteiger partial charge in [0.25, 0.3) is 0 Å². The molecule has 0 spiro atoms. The first-order chi connectivity index (χ1) is 10.2. The van der Waals surface area contributed by atoms with Crippen molar-refractivity contribution >= 4 is 11.6 Å².